The van der Waals surface area contributed by atoms with Crippen LogP contribution >= 0.6 is 0 Å². The van der Waals surface area contributed by atoms with Gasteiger partial charge in [0, 0.05) is 10.9 Å². The molecule has 1 aliphatic rings. The first-order valence-electron chi connectivity index (χ1n) is 7.02. The van der Waals surface area contributed by atoms with Crippen LogP contribution in [0.5, 0.6) is 0 Å². The quantitative estimate of drug-likeness (QED) is 0.867. The zero-order valence-electron chi connectivity index (χ0n) is 12.9. The van der Waals surface area contributed by atoms with Crippen LogP contribution < -0.4 is 0 Å². The largest absolute Gasteiger partial charge is 0.478 e. The number of aryl methyl sites for hydroxylation is 1. The number of carboxylic acids is 1. The number of nitrogens with zero attached hydrogens (tertiary/aromatic N) is 1. The molecule has 1 aromatic carbocycles. The zero-order chi connectivity index (χ0) is 15.6. The van der Waals surface area contributed by atoms with E-state index in [1.807, 2.05) is 52.8 Å². The molecule has 0 spiro atoms. The van der Waals surface area contributed by atoms with Gasteiger partial charge >= 0.3 is 5.97 Å². The van der Waals surface area contributed by atoms with Crippen molar-refractivity contribution in [2.24, 2.45) is 0 Å². The highest BCUT2D eigenvalue weighted by Gasteiger charge is 2.47. The minimum absolute atomic E-state index is 0.314. The van der Waals surface area contributed by atoms with E-state index >= 15 is 0 Å². The number of hydrogen-bond donors (Lipinski definition) is 1. The lowest BCUT2D eigenvalue weighted by Crippen LogP contribution is -2.23. The molecule has 3 rings (SSSR count). The van der Waals surface area contributed by atoms with Gasteiger partial charge in [-0.1, -0.05) is 11.6 Å². The lowest BCUT2D eigenvalue weighted by atomic mass is 9.88. The molecule has 0 saturated carbocycles. The second-order valence-corrected chi connectivity index (χ2v) is 6.66. The Morgan fingerprint density at radius 2 is 1.86 bits per heavy atom. The molecule has 0 amide bonds. The highest BCUT2D eigenvalue weighted by molar-refractivity contribution is 6.04. The molecule has 2 aromatic rings. The molecule has 1 aromatic heterocycles. The van der Waals surface area contributed by atoms with Crippen LogP contribution in [0.4, 0.5) is 0 Å². The summed E-state index contributed by atoms with van der Waals surface area (Å²) in [5.74, 6) is -0.932. The minimum Gasteiger partial charge on any atom is -0.478 e. The molecule has 0 radical (unpaired) electrons. The topological polar surface area (TPSA) is 59.4 Å². The Balaban J connectivity index is 2.53. The molecule has 4 nitrogen and oxygen atoms in total. The van der Waals surface area contributed by atoms with Crippen molar-refractivity contribution in [3.05, 3.63) is 40.6 Å². The van der Waals surface area contributed by atoms with Gasteiger partial charge in [0.1, 0.15) is 5.60 Å². The predicted octanol–water partition coefficient (Wildman–Crippen LogP) is 3.74. The van der Waals surface area contributed by atoms with Gasteiger partial charge in [-0.15, -0.1) is 0 Å². The zero-order valence-corrected chi connectivity index (χ0v) is 12.9. The summed E-state index contributed by atoms with van der Waals surface area (Å²) in [4.78, 5) is 16.6. The van der Waals surface area contributed by atoms with E-state index in [4.69, 9.17) is 9.72 Å². The van der Waals surface area contributed by atoms with Crippen molar-refractivity contribution >= 4 is 16.9 Å². The van der Waals surface area contributed by atoms with Crippen LogP contribution in [0.25, 0.3) is 10.9 Å². The van der Waals surface area contributed by atoms with Gasteiger partial charge in [-0.2, -0.15) is 0 Å². The number of aromatic carboxylic acids is 1. The van der Waals surface area contributed by atoms with Gasteiger partial charge in [-0.3, -0.25) is 0 Å². The summed E-state index contributed by atoms with van der Waals surface area (Å²) in [7, 11) is 0. The van der Waals surface area contributed by atoms with Crippen molar-refractivity contribution in [2.75, 3.05) is 0 Å². The molecule has 1 N–H and O–H groups in total. The number of rotatable bonds is 1. The summed E-state index contributed by atoms with van der Waals surface area (Å²) in [6.07, 6.45) is 0. The van der Waals surface area contributed by atoms with E-state index in [0.29, 0.717) is 22.0 Å². The number of fused-ring (bicyclic) bond motifs is 2. The fourth-order valence-corrected chi connectivity index (χ4v) is 3.36. The van der Waals surface area contributed by atoms with Crippen LogP contribution in [0, 0.1) is 6.92 Å². The van der Waals surface area contributed by atoms with Crippen LogP contribution in [-0.2, 0) is 15.9 Å². The number of ether oxygens (including phenoxy) is 1. The normalized spacial score (nSPS) is 18.7. The Bertz CT molecular complexity index is 775. The summed E-state index contributed by atoms with van der Waals surface area (Å²) in [5, 5.41) is 10.4. The van der Waals surface area contributed by atoms with Gasteiger partial charge in [-0.25, -0.2) is 9.78 Å². The molecular formula is C17H19NO3. The number of carboxylic acid groups (broad SMARTS) is 1. The van der Waals surface area contributed by atoms with Gasteiger partial charge in [0.2, 0.25) is 0 Å². The predicted molar refractivity (Wildman–Crippen MR) is 80.6 cm³/mol. The molecule has 0 bridgehead atoms. The average Bonchev–Trinajstić information content (AvgIpc) is 2.52. The lowest BCUT2D eigenvalue weighted by Gasteiger charge is -2.24. The Labute approximate surface area is 123 Å². The van der Waals surface area contributed by atoms with Crippen LogP contribution in [0.1, 0.15) is 54.9 Å². The van der Waals surface area contributed by atoms with Gasteiger partial charge < -0.3 is 9.84 Å². The van der Waals surface area contributed by atoms with Crippen LogP contribution in [-0.4, -0.2) is 16.1 Å². The van der Waals surface area contributed by atoms with E-state index in [1.54, 1.807) is 0 Å². The molecule has 0 saturated heterocycles. The first-order chi connectivity index (χ1) is 9.63. The second kappa shape index (κ2) is 4.04. The molecule has 0 aliphatic carbocycles. The first kappa shape index (κ1) is 14.0. The molecule has 1 aliphatic heterocycles. The van der Waals surface area contributed by atoms with E-state index < -0.39 is 17.2 Å². The third kappa shape index (κ3) is 1.94. The lowest BCUT2D eigenvalue weighted by molar-refractivity contribution is -0.106. The minimum atomic E-state index is -0.932. The molecule has 0 atom stereocenters. The fourth-order valence-electron chi connectivity index (χ4n) is 3.36. The number of hydrogen-bond acceptors (Lipinski definition) is 3. The van der Waals surface area contributed by atoms with Crippen molar-refractivity contribution < 1.29 is 14.6 Å². The van der Waals surface area contributed by atoms with Crippen molar-refractivity contribution in [3.8, 4) is 0 Å². The van der Waals surface area contributed by atoms with Gasteiger partial charge in [0.25, 0.3) is 0 Å². The Morgan fingerprint density at radius 1 is 1.19 bits per heavy atom. The summed E-state index contributed by atoms with van der Waals surface area (Å²) in [5.41, 5.74) is 2.18. The molecule has 21 heavy (non-hydrogen) atoms. The molecule has 110 valence electrons. The van der Waals surface area contributed by atoms with E-state index in [1.165, 1.54) is 0 Å². The van der Waals surface area contributed by atoms with Crippen LogP contribution in [0.3, 0.4) is 0 Å². The SMILES string of the molecule is Cc1ccc2nc3c(c(C(=O)O)c2c1)C(C)(C)OC3(C)C. The Hall–Kier alpha value is -1.94. The number of benzene rings is 1. The maximum Gasteiger partial charge on any atom is 0.336 e. The second-order valence-electron chi connectivity index (χ2n) is 6.66. The Kier molecular flexibility index (Phi) is 2.70. The number of aromatic nitrogens is 1. The van der Waals surface area contributed by atoms with E-state index in [-0.39, 0.29) is 0 Å². The van der Waals surface area contributed by atoms with Crippen LogP contribution in [0.2, 0.25) is 0 Å². The number of pyridine rings is 1. The summed E-state index contributed by atoms with van der Waals surface area (Å²) in [6, 6.07) is 5.70. The van der Waals surface area contributed by atoms with Crippen LogP contribution in [0.15, 0.2) is 18.2 Å². The molecular weight excluding hydrogens is 266 g/mol. The Morgan fingerprint density at radius 3 is 2.48 bits per heavy atom. The van der Waals surface area contributed by atoms with Crippen molar-refractivity contribution in [3.63, 3.8) is 0 Å². The summed E-state index contributed by atoms with van der Waals surface area (Å²) < 4.78 is 6.07. The monoisotopic (exact) mass is 285 g/mol. The fraction of sp³-hybridized carbons (Fsp3) is 0.412. The molecule has 2 heterocycles. The van der Waals surface area contributed by atoms with Gasteiger partial charge in [0.15, 0.2) is 0 Å². The average molecular weight is 285 g/mol. The standard InChI is InChI=1S/C17H19NO3/c1-9-6-7-11-10(8-9)12(15(19)20)13-14(18-11)17(4,5)21-16(13,2)3/h6-8H,1-5H3,(H,19,20). The summed E-state index contributed by atoms with van der Waals surface area (Å²) in [6.45, 7) is 9.61. The van der Waals surface area contributed by atoms with E-state index in [9.17, 15) is 9.90 Å². The van der Waals surface area contributed by atoms with Gasteiger partial charge in [0.05, 0.1) is 22.4 Å². The molecule has 4 heteroatoms. The van der Waals surface area contributed by atoms with E-state index in [0.717, 1.165) is 11.3 Å². The summed E-state index contributed by atoms with van der Waals surface area (Å²) >= 11 is 0. The van der Waals surface area contributed by atoms with Crippen molar-refractivity contribution in [1.29, 1.82) is 0 Å². The third-order valence-electron chi connectivity index (χ3n) is 4.04. The molecule has 0 unspecified atom stereocenters. The number of carbonyl (C=O) groups is 1. The first-order valence-corrected chi connectivity index (χ1v) is 7.02. The maximum absolute atomic E-state index is 11.9. The van der Waals surface area contributed by atoms with Gasteiger partial charge in [-0.05, 0) is 46.8 Å². The smallest absolute Gasteiger partial charge is 0.336 e. The van der Waals surface area contributed by atoms with Crippen molar-refractivity contribution in [2.45, 2.75) is 45.8 Å². The van der Waals surface area contributed by atoms with E-state index in [2.05, 4.69) is 0 Å². The highest BCUT2D eigenvalue weighted by Crippen LogP contribution is 2.48. The maximum atomic E-state index is 11.9. The third-order valence-corrected chi connectivity index (χ3v) is 4.04. The highest BCUT2D eigenvalue weighted by atomic mass is 16.5. The molecule has 0 fully saturated rings. The van der Waals surface area contributed by atoms with Crippen molar-refractivity contribution in [1.82, 2.24) is 4.98 Å².